The Labute approximate surface area is 147 Å². The molecule has 0 radical (unpaired) electrons. The van der Waals surface area contributed by atoms with E-state index in [2.05, 4.69) is 5.32 Å². The van der Waals surface area contributed by atoms with Crippen molar-refractivity contribution in [1.29, 1.82) is 0 Å². The van der Waals surface area contributed by atoms with Crippen LogP contribution in [0.3, 0.4) is 0 Å². The molecular weight excluding hydrogens is 319 g/mol. The number of nitrogens with one attached hydrogen (secondary N) is 1. The van der Waals surface area contributed by atoms with E-state index in [0.717, 1.165) is 11.3 Å². The zero-order valence-electron chi connectivity index (χ0n) is 14.6. The fraction of sp³-hybridized carbons (Fsp3) is 0.300. The Bertz CT molecular complexity index is 746. The number of benzene rings is 2. The van der Waals surface area contributed by atoms with Crippen molar-refractivity contribution in [2.24, 2.45) is 0 Å². The average Bonchev–Trinajstić information content (AvgIpc) is 2.58. The monoisotopic (exact) mass is 342 g/mol. The molecule has 0 aliphatic heterocycles. The molecule has 5 heteroatoms. The Balaban J connectivity index is 1.84. The minimum absolute atomic E-state index is 0.103. The van der Waals surface area contributed by atoms with E-state index in [1.165, 1.54) is 13.0 Å². The highest BCUT2D eigenvalue weighted by molar-refractivity contribution is 5.93. The van der Waals surface area contributed by atoms with E-state index in [1.54, 1.807) is 23.1 Å². The second-order valence-electron chi connectivity index (χ2n) is 5.90. The van der Waals surface area contributed by atoms with Crippen molar-refractivity contribution in [1.82, 2.24) is 5.32 Å². The highest BCUT2D eigenvalue weighted by Gasteiger charge is 2.15. The molecule has 2 amide bonds. The van der Waals surface area contributed by atoms with Crippen molar-refractivity contribution < 1.29 is 14.0 Å². The maximum absolute atomic E-state index is 13.5. The molecule has 0 atom stereocenters. The number of rotatable bonds is 7. The number of carbonyl (C=O) groups excluding carboxylic acids is 2. The highest BCUT2D eigenvalue weighted by atomic mass is 19.1. The lowest BCUT2D eigenvalue weighted by Crippen LogP contribution is -2.34. The summed E-state index contributed by atoms with van der Waals surface area (Å²) < 4.78 is 13.5. The van der Waals surface area contributed by atoms with Gasteiger partial charge in [0.2, 0.25) is 11.8 Å². The van der Waals surface area contributed by atoms with Crippen LogP contribution in [0.25, 0.3) is 0 Å². The molecule has 2 aromatic rings. The van der Waals surface area contributed by atoms with Gasteiger partial charge in [0.25, 0.3) is 0 Å². The molecule has 2 aromatic carbocycles. The van der Waals surface area contributed by atoms with E-state index in [0.29, 0.717) is 25.1 Å². The number of amides is 2. The van der Waals surface area contributed by atoms with Gasteiger partial charge in [-0.05, 0) is 36.6 Å². The lowest BCUT2D eigenvalue weighted by atomic mass is 10.1. The van der Waals surface area contributed by atoms with E-state index in [4.69, 9.17) is 0 Å². The van der Waals surface area contributed by atoms with Crippen LogP contribution in [0.4, 0.5) is 10.1 Å². The third-order valence-electron chi connectivity index (χ3n) is 4.02. The summed E-state index contributed by atoms with van der Waals surface area (Å²) in [7, 11) is 0. The van der Waals surface area contributed by atoms with Crippen LogP contribution >= 0.6 is 0 Å². The van der Waals surface area contributed by atoms with Gasteiger partial charge in [-0.25, -0.2) is 4.39 Å². The van der Waals surface area contributed by atoms with Crippen molar-refractivity contribution in [3.8, 4) is 0 Å². The molecule has 0 aliphatic carbocycles. The van der Waals surface area contributed by atoms with Crippen LogP contribution in [0.2, 0.25) is 0 Å². The molecule has 0 heterocycles. The molecule has 132 valence electrons. The average molecular weight is 342 g/mol. The topological polar surface area (TPSA) is 49.4 Å². The molecule has 2 rings (SSSR count). The SMILES string of the molecule is CC(=O)N(CCC(=O)NCCc1ccccc1F)c1ccccc1C. The highest BCUT2D eigenvalue weighted by Crippen LogP contribution is 2.19. The Morgan fingerprint density at radius 3 is 2.44 bits per heavy atom. The van der Waals surface area contributed by atoms with Gasteiger partial charge in [-0.15, -0.1) is 0 Å². The number of para-hydroxylation sites is 1. The van der Waals surface area contributed by atoms with Gasteiger partial charge in [-0.3, -0.25) is 9.59 Å². The summed E-state index contributed by atoms with van der Waals surface area (Å²) in [6.07, 6.45) is 0.637. The molecule has 0 fully saturated rings. The summed E-state index contributed by atoms with van der Waals surface area (Å²) in [5, 5.41) is 2.78. The zero-order chi connectivity index (χ0) is 18.2. The Kier molecular flexibility index (Phi) is 6.69. The van der Waals surface area contributed by atoms with Crippen LogP contribution in [0.5, 0.6) is 0 Å². The summed E-state index contributed by atoms with van der Waals surface area (Å²) in [4.78, 5) is 25.5. The number of anilines is 1. The molecule has 0 saturated carbocycles. The maximum atomic E-state index is 13.5. The summed E-state index contributed by atoms with van der Waals surface area (Å²) in [5.41, 5.74) is 2.37. The van der Waals surface area contributed by atoms with E-state index in [9.17, 15) is 14.0 Å². The summed E-state index contributed by atoms with van der Waals surface area (Å²) in [6, 6.07) is 14.1. The molecular formula is C20H23FN2O2. The molecule has 0 aliphatic rings. The van der Waals surface area contributed by atoms with Gasteiger partial charge in [-0.2, -0.15) is 0 Å². The van der Waals surface area contributed by atoms with E-state index in [1.807, 2.05) is 31.2 Å². The molecule has 1 N–H and O–H groups in total. The summed E-state index contributed by atoms with van der Waals surface area (Å²) in [5.74, 6) is -0.524. The number of hydrogen-bond donors (Lipinski definition) is 1. The number of nitrogens with zero attached hydrogens (tertiary/aromatic N) is 1. The molecule has 0 bridgehead atoms. The number of halogens is 1. The summed E-state index contributed by atoms with van der Waals surface area (Å²) >= 11 is 0. The maximum Gasteiger partial charge on any atom is 0.223 e. The normalized spacial score (nSPS) is 10.4. The largest absolute Gasteiger partial charge is 0.356 e. The van der Waals surface area contributed by atoms with Crippen molar-refractivity contribution >= 4 is 17.5 Å². The predicted octanol–water partition coefficient (Wildman–Crippen LogP) is 3.24. The summed E-state index contributed by atoms with van der Waals surface area (Å²) in [6.45, 7) is 4.10. The molecule has 0 saturated heterocycles. The van der Waals surface area contributed by atoms with E-state index >= 15 is 0 Å². The van der Waals surface area contributed by atoms with Crippen molar-refractivity contribution in [3.05, 3.63) is 65.5 Å². The van der Waals surface area contributed by atoms with Crippen LogP contribution in [0.1, 0.15) is 24.5 Å². The van der Waals surface area contributed by atoms with Crippen LogP contribution in [-0.2, 0) is 16.0 Å². The van der Waals surface area contributed by atoms with Gasteiger partial charge in [0, 0.05) is 32.1 Å². The van der Waals surface area contributed by atoms with Crippen LogP contribution in [0, 0.1) is 12.7 Å². The first-order valence-corrected chi connectivity index (χ1v) is 8.33. The smallest absolute Gasteiger partial charge is 0.223 e. The van der Waals surface area contributed by atoms with Gasteiger partial charge < -0.3 is 10.2 Å². The van der Waals surface area contributed by atoms with E-state index < -0.39 is 0 Å². The molecule has 0 unspecified atom stereocenters. The number of carbonyl (C=O) groups is 2. The van der Waals surface area contributed by atoms with Gasteiger partial charge in [-0.1, -0.05) is 36.4 Å². The Morgan fingerprint density at radius 1 is 1.08 bits per heavy atom. The Morgan fingerprint density at radius 2 is 1.76 bits per heavy atom. The van der Waals surface area contributed by atoms with Crippen molar-refractivity contribution in [3.63, 3.8) is 0 Å². The van der Waals surface area contributed by atoms with Crippen molar-refractivity contribution in [2.45, 2.75) is 26.7 Å². The first-order valence-electron chi connectivity index (χ1n) is 8.33. The molecule has 4 nitrogen and oxygen atoms in total. The number of aryl methyl sites for hydroxylation is 1. The molecule has 25 heavy (non-hydrogen) atoms. The van der Waals surface area contributed by atoms with Crippen LogP contribution in [0.15, 0.2) is 48.5 Å². The van der Waals surface area contributed by atoms with Gasteiger partial charge >= 0.3 is 0 Å². The number of hydrogen-bond acceptors (Lipinski definition) is 2. The standard InChI is InChI=1S/C20H23FN2O2/c1-15-7-3-6-10-19(15)23(16(2)24)14-12-20(25)22-13-11-17-8-4-5-9-18(17)21/h3-10H,11-14H2,1-2H3,(H,22,25). The fourth-order valence-electron chi connectivity index (χ4n) is 2.65. The predicted molar refractivity (Wildman–Crippen MR) is 96.9 cm³/mol. The van der Waals surface area contributed by atoms with E-state index in [-0.39, 0.29) is 24.1 Å². The van der Waals surface area contributed by atoms with Gasteiger partial charge in [0.15, 0.2) is 0 Å². The quantitative estimate of drug-likeness (QED) is 0.840. The van der Waals surface area contributed by atoms with Crippen LogP contribution in [-0.4, -0.2) is 24.9 Å². The zero-order valence-corrected chi connectivity index (χ0v) is 14.6. The lowest BCUT2D eigenvalue weighted by Gasteiger charge is -2.22. The fourth-order valence-corrected chi connectivity index (χ4v) is 2.65. The molecule has 0 spiro atoms. The van der Waals surface area contributed by atoms with Crippen LogP contribution < -0.4 is 10.2 Å². The third kappa shape index (κ3) is 5.41. The lowest BCUT2D eigenvalue weighted by molar-refractivity contribution is -0.121. The Hall–Kier alpha value is -2.69. The second kappa shape index (κ2) is 8.97. The van der Waals surface area contributed by atoms with Crippen molar-refractivity contribution in [2.75, 3.05) is 18.0 Å². The first-order chi connectivity index (χ1) is 12.0. The molecule has 0 aromatic heterocycles. The minimum atomic E-state index is -0.265. The first kappa shape index (κ1) is 18.6. The minimum Gasteiger partial charge on any atom is -0.356 e. The third-order valence-corrected chi connectivity index (χ3v) is 4.02. The second-order valence-corrected chi connectivity index (χ2v) is 5.90. The van der Waals surface area contributed by atoms with Gasteiger partial charge in [0.05, 0.1) is 0 Å². The van der Waals surface area contributed by atoms with Gasteiger partial charge in [0.1, 0.15) is 5.82 Å².